The first-order chi connectivity index (χ1) is 9.85. The van der Waals surface area contributed by atoms with Gasteiger partial charge in [0, 0.05) is 19.1 Å². The normalized spacial score (nSPS) is 12.6. The lowest BCUT2D eigenvalue weighted by molar-refractivity contribution is -0.150. The van der Waals surface area contributed by atoms with Gasteiger partial charge < -0.3 is 14.4 Å². The highest BCUT2D eigenvalue weighted by Gasteiger charge is 2.26. The zero-order valence-corrected chi connectivity index (χ0v) is 15.0. The summed E-state index contributed by atoms with van der Waals surface area (Å²) in [5, 5.41) is 0. The lowest BCUT2D eigenvalue weighted by atomic mass is 9.94. The Balaban J connectivity index is 0.00000441. The first-order valence-electron chi connectivity index (χ1n) is 7.21. The molecule has 0 N–H and O–H groups in total. The van der Waals surface area contributed by atoms with Crippen LogP contribution >= 0.6 is 12.4 Å². The van der Waals surface area contributed by atoms with Gasteiger partial charge in [-0.15, -0.1) is 12.4 Å². The maximum atomic E-state index is 12.4. The second-order valence-electron chi connectivity index (χ2n) is 6.43. The molecule has 0 aromatic heterocycles. The monoisotopic (exact) mass is 329 g/mol. The Morgan fingerprint density at radius 3 is 2.32 bits per heavy atom. The summed E-state index contributed by atoms with van der Waals surface area (Å²) in [5.41, 5.74) is 0.850. The number of benzene rings is 1. The number of halogens is 1. The molecule has 0 bridgehead atoms. The Kier molecular flexibility index (Phi) is 9.33. The molecule has 0 spiro atoms. The molecule has 0 heterocycles. The van der Waals surface area contributed by atoms with E-state index < -0.39 is 0 Å². The SMILES string of the molecule is COCC(C(=O)OCC(C)(C)CN(C)C)c1ccccc1.Cl. The van der Waals surface area contributed by atoms with E-state index in [-0.39, 0.29) is 29.7 Å². The van der Waals surface area contributed by atoms with E-state index in [4.69, 9.17) is 9.47 Å². The van der Waals surface area contributed by atoms with Crippen molar-refractivity contribution >= 4 is 18.4 Å². The average Bonchev–Trinajstić information content (AvgIpc) is 2.42. The van der Waals surface area contributed by atoms with Crippen LogP contribution < -0.4 is 0 Å². The molecule has 0 radical (unpaired) electrons. The molecule has 0 saturated heterocycles. The summed E-state index contributed by atoms with van der Waals surface area (Å²) in [6.45, 7) is 5.77. The largest absolute Gasteiger partial charge is 0.465 e. The van der Waals surface area contributed by atoms with Crippen molar-refractivity contribution in [2.75, 3.05) is 41.0 Å². The van der Waals surface area contributed by atoms with Gasteiger partial charge in [0.25, 0.3) is 0 Å². The predicted octanol–water partition coefficient (Wildman–Crippen LogP) is 2.97. The Labute approximate surface area is 140 Å². The minimum Gasteiger partial charge on any atom is -0.465 e. The molecule has 0 aliphatic carbocycles. The van der Waals surface area contributed by atoms with Gasteiger partial charge in [0.2, 0.25) is 0 Å². The molecule has 4 nitrogen and oxygen atoms in total. The Bertz CT molecular complexity index is 435. The second kappa shape index (κ2) is 9.82. The summed E-state index contributed by atoms with van der Waals surface area (Å²) in [6, 6.07) is 9.62. The van der Waals surface area contributed by atoms with Crippen LogP contribution in [0.4, 0.5) is 0 Å². The van der Waals surface area contributed by atoms with Gasteiger partial charge in [-0.05, 0) is 19.7 Å². The standard InChI is InChI=1S/C17H27NO3.ClH/c1-17(2,12-18(3)4)13-21-16(19)15(11-20-5)14-9-7-6-8-10-14;/h6-10,15H,11-13H2,1-5H3;1H. The van der Waals surface area contributed by atoms with E-state index in [0.717, 1.165) is 12.1 Å². The van der Waals surface area contributed by atoms with Crippen LogP contribution in [-0.4, -0.2) is 51.8 Å². The molecule has 0 aliphatic rings. The summed E-state index contributed by atoms with van der Waals surface area (Å²) in [7, 11) is 5.63. The van der Waals surface area contributed by atoms with E-state index >= 15 is 0 Å². The molecule has 0 aliphatic heterocycles. The van der Waals surface area contributed by atoms with Gasteiger partial charge in [0.05, 0.1) is 13.2 Å². The van der Waals surface area contributed by atoms with Gasteiger partial charge in [-0.2, -0.15) is 0 Å². The summed E-state index contributed by atoms with van der Waals surface area (Å²) < 4.78 is 10.7. The van der Waals surface area contributed by atoms with E-state index in [1.165, 1.54) is 0 Å². The molecule has 0 saturated carbocycles. The maximum Gasteiger partial charge on any atom is 0.315 e. The quantitative estimate of drug-likeness (QED) is 0.687. The number of carbonyl (C=O) groups is 1. The second-order valence-corrected chi connectivity index (χ2v) is 6.43. The van der Waals surface area contributed by atoms with Crippen LogP contribution in [-0.2, 0) is 14.3 Å². The predicted molar refractivity (Wildman–Crippen MR) is 91.6 cm³/mol. The van der Waals surface area contributed by atoms with Crippen LogP contribution in [0.15, 0.2) is 30.3 Å². The highest BCUT2D eigenvalue weighted by atomic mass is 35.5. The molecule has 1 atom stereocenters. The number of hydrogen-bond donors (Lipinski definition) is 0. The van der Waals surface area contributed by atoms with Crippen molar-refractivity contribution in [3.63, 3.8) is 0 Å². The summed E-state index contributed by atoms with van der Waals surface area (Å²) in [6.07, 6.45) is 0. The van der Waals surface area contributed by atoms with Crippen molar-refractivity contribution in [2.45, 2.75) is 19.8 Å². The average molecular weight is 330 g/mol. The molecule has 22 heavy (non-hydrogen) atoms. The van der Waals surface area contributed by atoms with Crippen molar-refractivity contribution in [1.29, 1.82) is 0 Å². The molecule has 0 amide bonds. The van der Waals surface area contributed by atoms with Gasteiger partial charge in [-0.3, -0.25) is 4.79 Å². The van der Waals surface area contributed by atoms with E-state index in [1.807, 2.05) is 44.4 Å². The fourth-order valence-corrected chi connectivity index (χ4v) is 2.42. The number of esters is 1. The van der Waals surface area contributed by atoms with Crippen molar-refractivity contribution in [2.24, 2.45) is 5.41 Å². The fraction of sp³-hybridized carbons (Fsp3) is 0.588. The molecular formula is C17H28ClNO3. The molecule has 5 heteroatoms. The highest BCUT2D eigenvalue weighted by Crippen LogP contribution is 2.21. The van der Waals surface area contributed by atoms with Crippen LogP contribution in [0.25, 0.3) is 0 Å². The Morgan fingerprint density at radius 2 is 1.82 bits per heavy atom. The molecule has 126 valence electrons. The van der Waals surface area contributed by atoms with E-state index in [9.17, 15) is 4.79 Å². The molecule has 1 unspecified atom stereocenters. The van der Waals surface area contributed by atoms with Crippen molar-refractivity contribution in [3.05, 3.63) is 35.9 Å². The Morgan fingerprint density at radius 1 is 1.23 bits per heavy atom. The lowest BCUT2D eigenvalue weighted by Crippen LogP contribution is -2.34. The Hall–Kier alpha value is -1.10. The van der Waals surface area contributed by atoms with Crippen LogP contribution in [0.3, 0.4) is 0 Å². The van der Waals surface area contributed by atoms with Crippen LogP contribution in [0.1, 0.15) is 25.3 Å². The summed E-state index contributed by atoms with van der Waals surface area (Å²) >= 11 is 0. The van der Waals surface area contributed by atoms with Gasteiger partial charge in [0.1, 0.15) is 5.92 Å². The topological polar surface area (TPSA) is 38.8 Å². The van der Waals surface area contributed by atoms with Crippen molar-refractivity contribution in [1.82, 2.24) is 4.90 Å². The molecule has 1 aromatic carbocycles. The number of rotatable bonds is 8. The van der Waals surface area contributed by atoms with Crippen LogP contribution in [0.5, 0.6) is 0 Å². The van der Waals surface area contributed by atoms with Gasteiger partial charge in [-0.25, -0.2) is 0 Å². The first-order valence-corrected chi connectivity index (χ1v) is 7.21. The summed E-state index contributed by atoms with van der Waals surface area (Å²) in [4.78, 5) is 14.4. The highest BCUT2D eigenvalue weighted by molar-refractivity contribution is 5.85. The molecular weight excluding hydrogens is 302 g/mol. The number of nitrogens with zero attached hydrogens (tertiary/aromatic N) is 1. The minimum absolute atomic E-state index is 0. The maximum absolute atomic E-state index is 12.4. The number of hydrogen-bond acceptors (Lipinski definition) is 4. The zero-order valence-electron chi connectivity index (χ0n) is 14.2. The number of methoxy groups -OCH3 is 1. The lowest BCUT2D eigenvalue weighted by Gasteiger charge is -2.28. The van der Waals surface area contributed by atoms with E-state index in [1.54, 1.807) is 7.11 Å². The zero-order chi connectivity index (χ0) is 15.9. The fourth-order valence-electron chi connectivity index (χ4n) is 2.42. The van der Waals surface area contributed by atoms with Crippen LogP contribution in [0, 0.1) is 5.41 Å². The third kappa shape index (κ3) is 7.25. The smallest absolute Gasteiger partial charge is 0.315 e. The number of carbonyl (C=O) groups excluding carboxylic acids is 1. The van der Waals surface area contributed by atoms with Gasteiger partial charge >= 0.3 is 5.97 Å². The van der Waals surface area contributed by atoms with Gasteiger partial charge in [0.15, 0.2) is 0 Å². The van der Waals surface area contributed by atoms with Gasteiger partial charge in [-0.1, -0.05) is 44.2 Å². The summed E-state index contributed by atoms with van der Waals surface area (Å²) in [5.74, 6) is -0.596. The molecule has 1 rings (SSSR count). The molecule has 1 aromatic rings. The first kappa shape index (κ1) is 20.9. The molecule has 0 fully saturated rings. The third-order valence-electron chi connectivity index (χ3n) is 3.17. The minimum atomic E-state index is -0.369. The van der Waals surface area contributed by atoms with Crippen molar-refractivity contribution in [3.8, 4) is 0 Å². The van der Waals surface area contributed by atoms with E-state index in [0.29, 0.717) is 13.2 Å². The van der Waals surface area contributed by atoms with Crippen LogP contribution in [0.2, 0.25) is 0 Å². The number of ether oxygens (including phenoxy) is 2. The van der Waals surface area contributed by atoms with E-state index in [2.05, 4.69) is 18.7 Å². The van der Waals surface area contributed by atoms with Crippen molar-refractivity contribution < 1.29 is 14.3 Å². The third-order valence-corrected chi connectivity index (χ3v) is 3.17.